The average molecular weight is 387 g/mol. The molecule has 3 rings (SSSR count). The molecule has 0 unspecified atom stereocenters. The van der Waals surface area contributed by atoms with Gasteiger partial charge in [-0.25, -0.2) is 0 Å². The maximum Gasteiger partial charge on any atom is 0.248 e. The number of amides is 1. The Kier molecular flexibility index (Phi) is 6.28. The molecule has 6 heteroatoms. The van der Waals surface area contributed by atoms with Crippen molar-refractivity contribution in [3.63, 3.8) is 0 Å². The van der Waals surface area contributed by atoms with Crippen LogP contribution in [0.25, 0.3) is 6.08 Å². The van der Waals surface area contributed by atoms with E-state index in [-0.39, 0.29) is 5.91 Å². The zero-order valence-electron chi connectivity index (χ0n) is 13.2. The number of nitrogens with zero attached hydrogens (tertiary/aromatic N) is 1. The van der Waals surface area contributed by atoms with Crippen LogP contribution in [0.5, 0.6) is 0 Å². The van der Waals surface area contributed by atoms with Crippen LogP contribution in [-0.2, 0) is 10.5 Å². The van der Waals surface area contributed by atoms with Gasteiger partial charge in [-0.3, -0.25) is 9.78 Å². The van der Waals surface area contributed by atoms with Crippen molar-refractivity contribution < 1.29 is 4.79 Å². The number of nitrogens with one attached hydrogen (secondary N) is 1. The molecule has 0 aliphatic rings. The molecule has 2 aromatic heterocycles. The Labute approximate surface area is 159 Å². The number of hydrogen-bond acceptors (Lipinski definition) is 4. The fraction of sp³-hybridized carbons (Fsp3) is 0.0526. The van der Waals surface area contributed by atoms with Crippen LogP contribution >= 0.6 is 34.7 Å². The second-order valence-corrected chi connectivity index (χ2v) is 7.93. The van der Waals surface area contributed by atoms with Crippen molar-refractivity contribution in [3.05, 3.63) is 81.8 Å². The van der Waals surface area contributed by atoms with Crippen molar-refractivity contribution >= 4 is 52.4 Å². The number of hydrogen-bond donors (Lipinski definition) is 1. The highest BCUT2D eigenvalue weighted by Crippen LogP contribution is 2.24. The molecule has 1 N–H and O–H groups in total. The highest BCUT2D eigenvalue weighted by molar-refractivity contribution is 7.98. The van der Waals surface area contributed by atoms with E-state index in [1.807, 2.05) is 48.7 Å². The molecule has 0 spiro atoms. The number of thiophene rings is 1. The molecule has 1 amide bonds. The molecule has 0 aliphatic carbocycles. The third-order valence-electron chi connectivity index (χ3n) is 3.24. The van der Waals surface area contributed by atoms with E-state index < -0.39 is 0 Å². The van der Waals surface area contributed by atoms with E-state index in [0.717, 1.165) is 21.2 Å². The number of thioether (sulfide) groups is 1. The summed E-state index contributed by atoms with van der Waals surface area (Å²) in [6.07, 6.45) is 6.90. The smallest absolute Gasteiger partial charge is 0.248 e. The fourth-order valence-corrected chi connectivity index (χ4v) is 3.84. The number of pyridine rings is 1. The minimum Gasteiger partial charge on any atom is -0.323 e. The van der Waals surface area contributed by atoms with Gasteiger partial charge in [0.1, 0.15) is 0 Å². The molecular weight excluding hydrogens is 372 g/mol. The topological polar surface area (TPSA) is 42.0 Å². The predicted molar refractivity (Wildman–Crippen MR) is 107 cm³/mol. The van der Waals surface area contributed by atoms with Gasteiger partial charge >= 0.3 is 0 Å². The molecule has 0 radical (unpaired) electrons. The second kappa shape index (κ2) is 8.85. The molecule has 1 aromatic carbocycles. The van der Waals surface area contributed by atoms with Gasteiger partial charge in [0.15, 0.2) is 0 Å². The molecule has 0 saturated carbocycles. The normalized spacial score (nSPS) is 10.9. The first-order chi connectivity index (χ1) is 12.2. The van der Waals surface area contributed by atoms with Gasteiger partial charge in [0.2, 0.25) is 5.91 Å². The zero-order valence-corrected chi connectivity index (χ0v) is 15.6. The van der Waals surface area contributed by atoms with Gasteiger partial charge in [0, 0.05) is 39.7 Å². The van der Waals surface area contributed by atoms with Gasteiger partial charge in [-0.2, -0.15) is 0 Å². The van der Waals surface area contributed by atoms with Crippen LogP contribution in [0.15, 0.2) is 71.9 Å². The fourth-order valence-electron chi connectivity index (χ4n) is 2.04. The molecule has 0 fully saturated rings. The van der Waals surface area contributed by atoms with Gasteiger partial charge < -0.3 is 5.32 Å². The lowest BCUT2D eigenvalue weighted by Crippen LogP contribution is -2.07. The van der Waals surface area contributed by atoms with E-state index in [0.29, 0.717) is 4.34 Å². The van der Waals surface area contributed by atoms with Crippen molar-refractivity contribution in [3.8, 4) is 0 Å². The summed E-state index contributed by atoms with van der Waals surface area (Å²) < 4.78 is 0.708. The lowest BCUT2D eigenvalue weighted by atomic mass is 10.3. The lowest BCUT2D eigenvalue weighted by Gasteiger charge is -2.05. The summed E-state index contributed by atoms with van der Waals surface area (Å²) in [6.45, 7) is 0. The van der Waals surface area contributed by atoms with Crippen LogP contribution in [0.1, 0.15) is 10.4 Å². The van der Waals surface area contributed by atoms with Gasteiger partial charge in [-0.15, -0.1) is 23.1 Å². The van der Waals surface area contributed by atoms with Crippen LogP contribution in [0.3, 0.4) is 0 Å². The van der Waals surface area contributed by atoms with Gasteiger partial charge in [-0.05, 0) is 54.1 Å². The minimum atomic E-state index is -0.166. The Morgan fingerprint density at radius 2 is 2.04 bits per heavy atom. The van der Waals surface area contributed by atoms with E-state index >= 15 is 0 Å². The minimum absolute atomic E-state index is 0.166. The molecule has 3 nitrogen and oxygen atoms in total. The summed E-state index contributed by atoms with van der Waals surface area (Å²) in [5.41, 5.74) is 1.95. The summed E-state index contributed by atoms with van der Waals surface area (Å²) in [4.78, 5) is 18.2. The monoisotopic (exact) mass is 386 g/mol. The molecule has 0 atom stereocenters. The van der Waals surface area contributed by atoms with Gasteiger partial charge in [0.05, 0.1) is 4.34 Å². The van der Waals surface area contributed by atoms with Crippen LogP contribution < -0.4 is 5.32 Å². The summed E-state index contributed by atoms with van der Waals surface area (Å²) in [7, 11) is 0. The largest absolute Gasteiger partial charge is 0.323 e. The first-order valence-electron chi connectivity index (χ1n) is 7.55. The molecule has 126 valence electrons. The molecule has 0 saturated heterocycles. The number of carbonyl (C=O) groups is 1. The van der Waals surface area contributed by atoms with Crippen molar-refractivity contribution in [2.24, 2.45) is 0 Å². The van der Waals surface area contributed by atoms with Crippen molar-refractivity contribution in [2.45, 2.75) is 10.6 Å². The standard InChI is InChI=1S/C19H15ClN2OS2/c20-18-9-7-17(25-18)8-10-19(23)22-15-3-5-16(6-4-15)24-13-14-2-1-11-21-12-14/h1-12H,13H2,(H,22,23)/b10-8+. The summed E-state index contributed by atoms with van der Waals surface area (Å²) in [5, 5.41) is 2.85. The molecule has 25 heavy (non-hydrogen) atoms. The predicted octanol–water partition coefficient (Wildman–Crippen LogP) is 5.74. The lowest BCUT2D eigenvalue weighted by molar-refractivity contribution is -0.111. The van der Waals surface area contributed by atoms with Gasteiger partial charge in [0.25, 0.3) is 0 Å². The molecule has 0 aliphatic heterocycles. The van der Waals surface area contributed by atoms with Gasteiger partial charge in [-0.1, -0.05) is 17.7 Å². The number of anilines is 1. The molecule has 2 heterocycles. The number of benzene rings is 1. The SMILES string of the molecule is O=C(/C=C/c1ccc(Cl)s1)Nc1ccc(SCc2cccnc2)cc1. The number of aromatic nitrogens is 1. The maximum atomic E-state index is 11.9. The van der Waals surface area contributed by atoms with Crippen LogP contribution in [-0.4, -0.2) is 10.9 Å². The first-order valence-corrected chi connectivity index (χ1v) is 9.73. The Balaban J connectivity index is 1.51. The molecule has 0 bridgehead atoms. The van der Waals surface area contributed by atoms with Crippen LogP contribution in [0.2, 0.25) is 4.34 Å². The third-order valence-corrected chi connectivity index (χ3v) is 5.52. The maximum absolute atomic E-state index is 11.9. The molecular formula is C19H15ClN2OS2. The Morgan fingerprint density at radius 3 is 2.72 bits per heavy atom. The first kappa shape index (κ1) is 17.7. The second-order valence-electron chi connectivity index (χ2n) is 5.14. The Bertz CT molecular complexity index is 861. The molecule has 3 aromatic rings. The highest BCUT2D eigenvalue weighted by atomic mass is 35.5. The van der Waals surface area contributed by atoms with E-state index in [2.05, 4.69) is 16.4 Å². The summed E-state index contributed by atoms with van der Waals surface area (Å²) in [5.74, 6) is 0.700. The van der Waals surface area contributed by atoms with Crippen molar-refractivity contribution in [1.29, 1.82) is 0 Å². The van der Waals surface area contributed by atoms with Crippen LogP contribution in [0.4, 0.5) is 5.69 Å². The Hall–Kier alpha value is -2.08. The van der Waals surface area contributed by atoms with Crippen molar-refractivity contribution in [2.75, 3.05) is 5.32 Å². The van der Waals surface area contributed by atoms with E-state index in [9.17, 15) is 4.79 Å². The average Bonchev–Trinajstić information content (AvgIpc) is 3.06. The van der Waals surface area contributed by atoms with E-state index in [4.69, 9.17) is 11.6 Å². The van der Waals surface area contributed by atoms with Crippen LogP contribution in [0, 0.1) is 0 Å². The number of carbonyl (C=O) groups excluding carboxylic acids is 1. The number of rotatable bonds is 6. The van der Waals surface area contributed by atoms with Crippen molar-refractivity contribution in [1.82, 2.24) is 4.98 Å². The zero-order chi connectivity index (χ0) is 17.5. The number of halogens is 1. The van der Waals surface area contributed by atoms with E-state index in [1.54, 1.807) is 24.0 Å². The highest BCUT2D eigenvalue weighted by Gasteiger charge is 2.01. The Morgan fingerprint density at radius 1 is 1.20 bits per heavy atom. The van der Waals surface area contributed by atoms with E-state index in [1.165, 1.54) is 23.0 Å². The quantitative estimate of drug-likeness (QED) is 0.433. The summed E-state index contributed by atoms with van der Waals surface area (Å²) in [6, 6.07) is 15.5. The third kappa shape index (κ3) is 5.74. The summed E-state index contributed by atoms with van der Waals surface area (Å²) >= 11 is 9.03.